The van der Waals surface area contributed by atoms with Crippen LogP contribution in [0.1, 0.15) is 13.8 Å². The summed E-state index contributed by atoms with van der Waals surface area (Å²) >= 11 is 2.21. The maximum atomic E-state index is 12.3. The lowest BCUT2D eigenvalue weighted by molar-refractivity contribution is 0.150. The first-order valence-corrected chi connectivity index (χ1v) is 7.42. The van der Waals surface area contributed by atoms with Gasteiger partial charge in [-0.25, -0.2) is 4.79 Å². The average molecular weight is 376 g/mol. The number of para-hydroxylation sites is 1. The van der Waals surface area contributed by atoms with Crippen LogP contribution in [0.25, 0.3) is 0 Å². The Morgan fingerprint density at radius 3 is 2.68 bits per heavy atom. The molecule has 0 radical (unpaired) electrons. The van der Waals surface area contributed by atoms with Gasteiger partial charge in [0.05, 0.1) is 12.3 Å². The van der Waals surface area contributed by atoms with Crippen molar-refractivity contribution in [2.45, 2.75) is 13.8 Å². The minimum atomic E-state index is -0.0742. The number of rotatable bonds is 6. The second-order valence-corrected chi connectivity index (χ2v) is 5.90. The van der Waals surface area contributed by atoms with E-state index in [-0.39, 0.29) is 6.03 Å². The van der Waals surface area contributed by atoms with E-state index in [9.17, 15) is 4.79 Å². The molecule has 4 nitrogen and oxygen atoms in total. The van der Waals surface area contributed by atoms with E-state index in [1.807, 2.05) is 24.3 Å². The predicted octanol–water partition coefficient (Wildman–Crippen LogP) is 3.43. The Morgan fingerprint density at radius 2 is 2.11 bits per heavy atom. The quantitative estimate of drug-likeness (QED) is 0.773. The van der Waals surface area contributed by atoms with E-state index in [0.717, 1.165) is 15.8 Å². The third-order valence-corrected chi connectivity index (χ3v) is 3.49. The van der Waals surface area contributed by atoms with Crippen molar-refractivity contribution in [3.8, 4) is 0 Å². The highest BCUT2D eigenvalue weighted by Gasteiger charge is 2.15. The Morgan fingerprint density at radius 1 is 1.42 bits per heavy atom. The van der Waals surface area contributed by atoms with Gasteiger partial charge in [-0.3, -0.25) is 0 Å². The van der Waals surface area contributed by atoms with Gasteiger partial charge in [0.25, 0.3) is 0 Å². The fraction of sp³-hybridized carbons (Fsp3) is 0.500. The van der Waals surface area contributed by atoms with Gasteiger partial charge in [0, 0.05) is 23.8 Å². The van der Waals surface area contributed by atoms with Crippen LogP contribution in [0.15, 0.2) is 24.3 Å². The zero-order valence-electron chi connectivity index (χ0n) is 11.6. The molecule has 0 aliphatic rings. The Bertz CT molecular complexity index is 410. The smallest absolute Gasteiger partial charge is 0.321 e. The van der Waals surface area contributed by atoms with Gasteiger partial charge in [0.2, 0.25) is 0 Å². The first-order chi connectivity index (χ1) is 9.04. The maximum absolute atomic E-state index is 12.3. The number of nitrogens with one attached hydrogen (secondary N) is 1. The average Bonchev–Trinajstić information content (AvgIpc) is 2.36. The van der Waals surface area contributed by atoms with Crippen LogP contribution < -0.4 is 5.32 Å². The lowest BCUT2D eigenvalue weighted by atomic mass is 10.2. The molecule has 1 N–H and O–H groups in total. The summed E-state index contributed by atoms with van der Waals surface area (Å²) in [5.74, 6) is 0.428. The Balaban J connectivity index is 2.68. The van der Waals surface area contributed by atoms with E-state index in [0.29, 0.717) is 19.1 Å². The maximum Gasteiger partial charge on any atom is 0.321 e. The number of hydrogen-bond donors (Lipinski definition) is 1. The van der Waals surface area contributed by atoms with Crippen LogP contribution in [0.4, 0.5) is 10.5 Å². The number of carbonyl (C=O) groups excluding carboxylic acids is 1. The van der Waals surface area contributed by atoms with Crippen LogP contribution in [-0.4, -0.2) is 37.7 Å². The Labute approximate surface area is 128 Å². The summed E-state index contributed by atoms with van der Waals surface area (Å²) in [6.45, 7) is 6.06. The number of methoxy groups -OCH3 is 1. The minimum absolute atomic E-state index is 0.0742. The molecule has 0 fully saturated rings. The highest BCUT2D eigenvalue weighted by Crippen LogP contribution is 2.17. The third-order valence-electron chi connectivity index (χ3n) is 2.55. The van der Waals surface area contributed by atoms with Crippen molar-refractivity contribution in [3.05, 3.63) is 27.8 Å². The molecule has 0 aliphatic heterocycles. The van der Waals surface area contributed by atoms with Crippen LogP contribution in [-0.2, 0) is 4.74 Å². The standard InChI is InChI=1S/C14H21IN2O2/c1-11(2)10-17(8-9-19-3)14(18)16-13-7-5-4-6-12(13)15/h4-7,11H,8-10H2,1-3H3,(H,16,18). The fourth-order valence-corrected chi connectivity index (χ4v) is 2.20. The monoisotopic (exact) mass is 376 g/mol. The van der Waals surface area contributed by atoms with E-state index >= 15 is 0 Å². The number of halogens is 1. The second kappa shape index (κ2) is 8.37. The van der Waals surface area contributed by atoms with Crippen molar-refractivity contribution in [2.75, 3.05) is 32.1 Å². The molecule has 0 unspecified atom stereocenters. The summed E-state index contributed by atoms with van der Waals surface area (Å²) < 4.78 is 6.09. The fourth-order valence-electron chi connectivity index (χ4n) is 1.67. The number of hydrogen-bond acceptors (Lipinski definition) is 2. The number of nitrogens with zero attached hydrogens (tertiary/aromatic N) is 1. The van der Waals surface area contributed by atoms with E-state index in [1.54, 1.807) is 12.0 Å². The molecule has 0 heterocycles. The van der Waals surface area contributed by atoms with E-state index in [2.05, 4.69) is 41.8 Å². The highest BCUT2D eigenvalue weighted by atomic mass is 127. The first-order valence-electron chi connectivity index (χ1n) is 6.34. The molecule has 0 atom stereocenters. The lowest BCUT2D eigenvalue weighted by Crippen LogP contribution is -2.39. The molecule has 0 saturated carbocycles. The van der Waals surface area contributed by atoms with Crippen LogP contribution >= 0.6 is 22.6 Å². The van der Waals surface area contributed by atoms with Crippen molar-refractivity contribution >= 4 is 34.3 Å². The number of anilines is 1. The zero-order valence-corrected chi connectivity index (χ0v) is 13.8. The number of urea groups is 1. The first kappa shape index (κ1) is 16.2. The van der Waals surface area contributed by atoms with E-state index in [4.69, 9.17) is 4.74 Å². The van der Waals surface area contributed by atoms with Crippen molar-refractivity contribution in [3.63, 3.8) is 0 Å². The molecular weight excluding hydrogens is 355 g/mol. The number of amides is 2. The Hall–Kier alpha value is -0.820. The molecule has 0 aromatic heterocycles. The molecule has 2 amide bonds. The molecule has 1 aromatic rings. The summed E-state index contributed by atoms with van der Waals surface area (Å²) in [6, 6.07) is 7.67. The van der Waals surface area contributed by atoms with Crippen LogP contribution in [0, 0.1) is 9.49 Å². The molecule has 1 aromatic carbocycles. The summed E-state index contributed by atoms with van der Waals surface area (Å²) in [5.41, 5.74) is 0.847. The van der Waals surface area contributed by atoms with Crippen LogP contribution in [0.2, 0.25) is 0 Å². The molecule has 0 saturated heterocycles. The molecule has 0 aliphatic carbocycles. The number of benzene rings is 1. The predicted molar refractivity (Wildman–Crippen MR) is 86.5 cm³/mol. The van der Waals surface area contributed by atoms with Gasteiger partial charge in [0.1, 0.15) is 0 Å². The normalized spacial score (nSPS) is 10.6. The summed E-state index contributed by atoms with van der Waals surface area (Å²) in [6.07, 6.45) is 0. The summed E-state index contributed by atoms with van der Waals surface area (Å²) in [5, 5.41) is 2.95. The summed E-state index contributed by atoms with van der Waals surface area (Å²) in [4.78, 5) is 14.1. The summed E-state index contributed by atoms with van der Waals surface area (Å²) in [7, 11) is 1.64. The molecule has 1 rings (SSSR count). The van der Waals surface area contributed by atoms with Gasteiger partial charge in [-0.15, -0.1) is 0 Å². The Kier molecular flexibility index (Phi) is 7.15. The van der Waals surface area contributed by atoms with Gasteiger partial charge in [-0.2, -0.15) is 0 Å². The van der Waals surface area contributed by atoms with Crippen molar-refractivity contribution in [2.24, 2.45) is 5.92 Å². The van der Waals surface area contributed by atoms with Crippen molar-refractivity contribution in [1.29, 1.82) is 0 Å². The topological polar surface area (TPSA) is 41.6 Å². The van der Waals surface area contributed by atoms with E-state index < -0.39 is 0 Å². The van der Waals surface area contributed by atoms with Gasteiger partial charge < -0.3 is 15.0 Å². The minimum Gasteiger partial charge on any atom is -0.383 e. The van der Waals surface area contributed by atoms with Gasteiger partial charge in [0.15, 0.2) is 0 Å². The van der Waals surface area contributed by atoms with Crippen molar-refractivity contribution < 1.29 is 9.53 Å². The zero-order chi connectivity index (χ0) is 14.3. The number of carbonyl (C=O) groups is 1. The second-order valence-electron chi connectivity index (χ2n) is 4.74. The molecule has 106 valence electrons. The molecule has 0 bridgehead atoms. The van der Waals surface area contributed by atoms with Gasteiger partial charge in [-0.05, 0) is 40.6 Å². The SMILES string of the molecule is COCCN(CC(C)C)C(=O)Nc1ccccc1I. The largest absolute Gasteiger partial charge is 0.383 e. The van der Waals surface area contributed by atoms with Gasteiger partial charge in [-0.1, -0.05) is 26.0 Å². The molecule has 0 spiro atoms. The van der Waals surface area contributed by atoms with Gasteiger partial charge >= 0.3 is 6.03 Å². The lowest BCUT2D eigenvalue weighted by Gasteiger charge is -2.24. The van der Waals surface area contributed by atoms with E-state index in [1.165, 1.54) is 0 Å². The van der Waals surface area contributed by atoms with Crippen molar-refractivity contribution in [1.82, 2.24) is 4.90 Å². The number of ether oxygens (including phenoxy) is 1. The third kappa shape index (κ3) is 5.78. The molecule has 19 heavy (non-hydrogen) atoms. The highest BCUT2D eigenvalue weighted by molar-refractivity contribution is 14.1. The molecular formula is C14H21IN2O2. The van der Waals surface area contributed by atoms with Crippen LogP contribution in [0.5, 0.6) is 0 Å². The van der Waals surface area contributed by atoms with Crippen LogP contribution in [0.3, 0.4) is 0 Å². The molecule has 5 heteroatoms.